The molecule has 8 heteroatoms. The first kappa shape index (κ1) is 15.2. The van der Waals surface area contributed by atoms with Crippen LogP contribution >= 0.6 is 11.8 Å². The molecule has 1 aliphatic rings. The minimum absolute atomic E-state index is 0.0270. The molecule has 2 aromatic carbocycles. The van der Waals surface area contributed by atoms with Crippen molar-refractivity contribution in [1.29, 1.82) is 0 Å². The van der Waals surface area contributed by atoms with Crippen LogP contribution < -0.4 is 14.8 Å². The average molecular weight is 332 g/mol. The van der Waals surface area contributed by atoms with Crippen LogP contribution in [0.15, 0.2) is 47.4 Å². The topological polar surface area (TPSA) is 90.7 Å². The molecule has 23 heavy (non-hydrogen) atoms. The van der Waals surface area contributed by atoms with Crippen LogP contribution in [0.4, 0.5) is 11.4 Å². The van der Waals surface area contributed by atoms with E-state index in [-0.39, 0.29) is 24.1 Å². The van der Waals surface area contributed by atoms with Gasteiger partial charge in [0.2, 0.25) is 12.7 Å². The van der Waals surface area contributed by atoms with Gasteiger partial charge in [0, 0.05) is 28.8 Å². The highest BCUT2D eigenvalue weighted by Gasteiger charge is 2.14. The SMILES string of the molecule is O=C(CSc1ccc([N+](=O)[O-])cc1)Nc1ccc2c(c1)OCO2. The number of anilines is 1. The summed E-state index contributed by atoms with van der Waals surface area (Å²) in [5, 5.41) is 13.3. The minimum atomic E-state index is -0.458. The highest BCUT2D eigenvalue weighted by atomic mass is 32.2. The molecule has 0 saturated heterocycles. The van der Waals surface area contributed by atoms with Crippen LogP contribution in [0.25, 0.3) is 0 Å². The summed E-state index contributed by atoms with van der Waals surface area (Å²) >= 11 is 1.30. The van der Waals surface area contributed by atoms with Crippen molar-refractivity contribution in [2.45, 2.75) is 4.90 Å². The second-order valence-electron chi connectivity index (χ2n) is 4.66. The van der Waals surface area contributed by atoms with E-state index in [4.69, 9.17) is 9.47 Å². The number of ether oxygens (including phenoxy) is 2. The molecule has 0 fully saturated rings. The molecule has 0 atom stereocenters. The largest absolute Gasteiger partial charge is 0.454 e. The number of carbonyl (C=O) groups is 1. The Balaban J connectivity index is 1.54. The molecule has 1 N–H and O–H groups in total. The van der Waals surface area contributed by atoms with Crippen LogP contribution in [0.3, 0.4) is 0 Å². The van der Waals surface area contributed by atoms with Crippen molar-refractivity contribution in [3.05, 3.63) is 52.6 Å². The van der Waals surface area contributed by atoms with Crippen LogP contribution in [-0.4, -0.2) is 23.4 Å². The number of amides is 1. The number of benzene rings is 2. The van der Waals surface area contributed by atoms with Gasteiger partial charge in [-0.1, -0.05) is 0 Å². The summed E-state index contributed by atoms with van der Waals surface area (Å²) in [4.78, 5) is 22.9. The fourth-order valence-electron chi connectivity index (χ4n) is 1.98. The van der Waals surface area contributed by atoms with Gasteiger partial charge in [-0.25, -0.2) is 0 Å². The molecular formula is C15H12N2O5S. The zero-order chi connectivity index (χ0) is 16.2. The van der Waals surface area contributed by atoms with E-state index >= 15 is 0 Å². The minimum Gasteiger partial charge on any atom is -0.454 e. The number of nitro groups is 1. The Morgan fingerprint density at radius 2 is 1.91 bits per heavy atom. The Hall–Kier alpha value is -2.74. The summed E-state index contributed by atoms with van der Waals surface area (Å²) in [6.07, 6.45) is 0. The lowest BCUT2D eigenvalue weighted by molar-refractivity contribution is -0.384. The van der Waals surface area contributed by atoms with Gasteiger partial charge in [0.05, 0.1) is 10.7 Å². The zero-order valence-electron chi connectivity index (χ0n) is 11.9. The molecule has 1 heterocycles. The lowest BCUT2D eigenvalue weighted by Gasteiger charge is -2.06. The third-order valence-corrected chi connectivity index (χ3v) is 4.09. The second-order valence-corrected chi connectivity index (χ2v) is 5.70. The molecule has 0 unspecified atom stereocenters. The maximum atomic E-state index is 11.9. The van der Waals surface area contributed by atoms with Crippen molar-refractivity contribution in [2.24, 2.45) is 0 Å². The van der Waals surface area contributed by atoms with Gasteiger partial charge in [-0.3, -0.25) is 14.9 Å². The van der Waals surface area contributed by atoms with Crippen molar-refractivity contribution < 1.29 is 19.2 Å². The second kappa shape index (κ2) is 6.57. The Labute approximate surface area is 135 Å². The Bertz CT molecular complexity index is 748. The van der Waals surface area contributed by atoms with Crippen molar-refractivity contribution in [3.8, 4) is 11.5 Å². The number of nitro benzene ring substituents is 1. The van der Waals surface area contributed by atoms with Crippen LogP contribution in [-0.2, 0) is 4.79 Å². The van der Waals surface area contributed by atoms with Crippen molar-refractivity contribution in [2.75, 3.05) is 17.9 Å². The van der Waals surface area contributed by atoms with E-state index in [2.05, 4.69) is 5.32 Å². The standard InChI is InChI=1S/C15H12N2O5S/c18-15(8-23-12-4-2-11(3-5-12)17(19)20)16-10-1-6-13-14(7-10)22-9-21-13/h1-7H,8-9H2,(H,16,18). The van der Waals surface area contributed by atoms with E-state index in [9.17, 15) is 14.9 Å². The summed E-state index contributed by atoms with van der Waals surface area (Å²) in [6, 6.07) is 11.3. The quantitative estimate of drug-likeness (QED) is 0.514. The number of hydrogen-bond acceptors (Lipinski definition) is 6. The lowest BCUT2D eigenvalue weighted by atomic mass is 10.3. The molecule has 1 aliphatic heterocycles. The van der Waals surface area contributed by atoms with Gasteiger partial charge in [0.1, 0.15) is 0 Å². The van der Waals surface area contributed by atoms with Crippen LogP contribution in [0.1, 0.15) is 0 Å². The molecule has 118 valence electrons. The maximum absolute atomic E-state index is 11.9. The highest BCUT2D eigenvalue weighted by Crippen LogP contribution is 2.34. The number of thioether (sulfide) groups is 1. The predicted octanol–water partition coefficient (Wildman–Crippen LogP) is 3.05. The first-order valence-electron chi connectivity index (χ1n) is 6.68. The van der Waals surface area contributed by atoms with Gasteiger partial charge in [0.25, 0.3) is 5.69 Å². The highest BCUT2D eigenvalue weighted by molar-refractivity contribution is 8.00. The van der Waals surface area contributed by atoms with Crippen molar-refractivity contribution in [1.82, 2.24) is 0 Å². The van der Waals surface area contributed by atoms with Gasteiger partial charge in [-0.05, 0) is 24.3 Å². The van der Waals surface area contributed by atoms with Gasteiger partial charge in [-0.15, -0.1) is 11.8 Å². The fourth-order valence-corrected chi connectivity index (χ4v) is 2.68. The summed E-state index contributed by atoms with van der Waals surface area (Å²) in [5.41, 5.74) is 0.655. The van der Waals surface area contributed by atoms with Gasteiger partial charge in [-0.2, -0.15) is 0 Å². The third-order valence-electron chi connectivity index (χ3n) is 3.07. The summed E-state index contributed by atoms with van der Waals surface area (Å²) in [6.45, 7) is 0.183. The van der Waals surface area contributed by atoms with Crippen molar-refractivity contribution >= 4 is 29.0 Å². The number of nitrogens with zero attached hydrogens (tertiary/aromatic N) is 1. The number of non-ortho nitro benzene ring substituents is 1. The van der Waals surface area contributed by atoms with Gasteiger partial charge >= 0.3 is 0 Å². The predicted molar refractivity (Wildman–Crippen MR) is 85.0 cm³/mol. The van der Waals surface area contributed by atoms with Crippen molar-refractivity contribution in [3.63, 3.8) is 0 Å². The van der Waals surface area contributed by atoms with E-state index in [1.807, 2.05) is 0 Å². The first-order chi connectivity index (χ1) is 11.1. The molecule has 0 aliphatic carbocycles. The molecule has 3 rings (SSSR count). The Kier molecular flexibility index (Phi) is 4.33. The van der Waals surface area contributed by atoms with E-state index < -0.39 is 4.92 Å². The number of nitrogens with one attached hydrogen (secondary N) is 1. The first-order valence-corrected chi connectivity index (χ1v) is 7.67. The Morgan fingerprint density at radius 3 is 2.65 bits per heavy atom. The van der Waals surface area contributed by atoms with Crippen LogP contribution in [0.5, 0.6) is 11.5 Å². The molecule has 1 amide bonds. The summed E-state index contributed by atoms with van der Waals surface area (Å²) < 4.78 is 10.4. The molecule has 0 bridgehead atoms. The maximum Gasteiger partial charge on any atom is 0.269 e. The smallest absolute Gasteiger partial charge is 0.269 e. The molecule has 0 aromatic heterocycles. The molecule has 0 spiro atoms. The lowest BCUT2D eigenvalue weighted by Crippen LogP contribution is -2.13. The van der Waals surface area contributed by atoms with E-state index in [0.29, 0.717) is 17.2 Å². The normalized spacial score (nSPS) is 12.0. The summed E-state index contributed by atoms with van der Waals surface area (Å²) in [7, 11) is 0. The van der Waals surface area contributed by atoms with E-state index in [0.717, 1.165) is 4.90 Å². The third kappa shape index (κ3) is 3.72. The van der Waals surface area contributed by atoms with E-state index in [1.54, 1.807) is 30.3 Å². The Morgan fingerprint density at radius 1 is 1.17 bits per heavy atom. The number of rotatable bonds is 5. The van der Waals surface area contributed by atoms with Crippen LogP contribution in [0.2, 0.25) is 0 Å². The number of hydrogen-bond donors (Lipinski definition) is 1. The number of carbonyl (C=O) groups excluding carboxylic acids is 1. The average Bonchev–Trinajstić information content (AvgIpc) is 3.01. The molecular weight excluding hydrogens is 320 g/mol. The fraction of sp³-hybridized carbons (Fsp3) is 0.133. The molecule has 7 nitrogen and oxygen atoms in total. The van der Waals surface area contributed by atoms with Crippen LogP contribution in [0, 0.1) is 10.1 Å². The molecule has 2 aromatic rings. The monoisotopic (exact) mass is 332 g/mol. The molecule has 0 saturated carbocycles. The number of fused-ring (bicyclic) bond motifs is 1. The van der Waals surface area contributed by atoms with Gasteiger partial charge < -0.3 is 14.8 Å². The zero-order valence-corrected chi connectivity index (χ0v) is 12.7. The molecule has 0 radical (unpaired) electrons. The van der Waals surface area contributed by atoms with Gasteiger partial charge in [0.15, 0.2) is 11.5 Å². The summed E-state index contributed by atoms with van der Waals surface area (Å²) in [5.74, 6) is 1.29. The van der Waals surface area contributed by atoms with E-state index in [1.165, 1.54) is 23.9 Å².